The van der Waals surface area contributed by atoms with Gasteiger partial charge in [-0.1, -0.05) is 30.3 Å². The van der Waals surface area contributed by atoms with Crippen molar-refractivity contribution in [3.05, 3.63) is 35.9 Å². The van der Waals surface area contributed by atoms with Crippen molar-refractivity contribution in [2.24, 2.45) is 17.4 Å². The molecule has 2 rings (SSSR count). The van der Waals surface area contributed by atoms with Gasteiger partial charge in [0.05, 0.1) is 124 Å². The lowest BCUT2D eigenvalue weighted by molar-refractivity contribution is -0.141. The van der Waals surface area contributed by atoms with Crippen molar-refractivity contribution in [3.63, 3.8) is 0 Å². The van der Waals surface area contributed by atoms with Gasteiger partial charge in [0.15, 0.2) is 5.96 Å². The van der Waals surface area contributed by atoms with Crippen LogP contribution < -0.4 is 91.8 Å². The van der Waals surface area contributed by atoms with Crippen LogP contribution in [-0.2, 0) is 131 Å². The second kappa shape index (κ2) is 66.2. The standard InChI is InChI=1S/C68H114N18O27S3/c69-53(87)36-111-37-56(90)74-13-17-103-21-25-107-28-24-106-20-16-77-62(97)52-43-116-44-59(93)80-47(9-4-5-11-73-55(89)38-112-39-57(91)75-14-18-104-22-26-108-29-31-110-32-30-109-27-23-105-19-15-76-58(92)40-113-72)63(98)84-50(41-114)66(101)82-46(10-6-12-78-68(70)71)61(96)79-35-54(88)81-49(34-60(94)95)65(100)85-51(42-115)67(102)83-48(64(99)86-52)33-45-7-2-1-3-8-45/h1-3,7-8,46-52,114-115H,4-6,9-44,72H2,(H2,69,87)(H,73,89)(H,74,90)(H,75,91)(H,76,92)(H,77,97)(H,79,96)(H,80,93)(H,81,88)(H,82,101)(H,83,102)(H,84,98)(H,85,100)(H,86,99)(H,94,95)(H4,70,71,78)/t46-,47-,48-,49-,50-,51-,52-/m0/s1. The van der Waals surface area contributed by atoms with Gasteiger partial charge in [0.2, 0.25) is 82.7 Å². The van der Waals surface area contributed by atoms with E-state index in [-0.39, 0.29) is 161 Å². The number of carbonyl (C=O) groups is 15. The lowest BCUT2D eigenvalue weighted by atomic mass is 10.0. The largest absolute Gasteiger partial charge is 0.481 e. The Morgan fingerprint density at radius 1 is 0.440 bits per heavy atom. The second-order valence-corrected chi connectivity index (χ2v) is 26.5. The topological polar surface area (TPSA) is 648 Å². The number of hydrogen-bond donors (Lipinski definition) is 21. The number of guanidine groups is 1. The van der Waals surface area contributed by atoms with E-state index in [0.29, 0.717) is 58.4 Å². The van der Waals surface area contributed by atoms with E-state index in [1.54, 1.807) is 30.3 Å². The lowest BCUT2D eigenvalue weighted by Crippen LogP contribution is -2.60. The summed E-state index contributed by atoms with van der Waals surface area (Å²) in [5.74, 6) is -10.1. The number of aliphatic carboxylic acids is 1. The van der Waals surface area contributed by atoms with Crippen LogP contribution >= 0.6 is 37.0 Å². The van der Waals surface area contributed by atoms with E-state index in [1.807, 2.05) is 0 Å². The highest BCUT2D eigenvalue weighted by atomic mass is 32.2. The number of unbranched alkanes of at least 4 members (excludes halogenated alkanes) is 1. The summed E-state index contributed by atoms with van der Waals surface area (Å²) in [6.07, 6.45) is -1.09. The van der Waals surface area contributed by atoms with E-state index in [9.17, 15) is 77.0 Å². The number of carboxylic acid groups (broad SMARTS) is 1. The zero-order valence-electron chi connectivity index (χ0n) is 64.6. The number of thioether (sulfide) groups is 1. The van der Waals surface area contributed by atoms with Crippen LogP contribution in [0.4, 0.5) is 0 Å². The summed E-state index contributed by atoms with van der Waals surface area (Å²) in [7, 11) is 0. The number of hydrogen-bond acceptors (Lipinski definition) is 31. The molecule has 1 fully saturated rings. The summed E-state index contributed by atoms with van der Waals surface area (Å²) in [5, 5.41) is 52.7. The van der Waals surface area contributed by atoms with Crippen LogP contribution in [0.2, 0.25) is 0 Å². The Morgan fingerprint density at radius 2 is 0.836 bits per heavy atom. The molecule has 48 heteroatoms. The average Bonchev–Trinajstić information content (AvgIpc) is 1.000. The maximum absolute atomic E-state index is 14.5. The van der Waals surface area contributed by atoms with Gasteiger partial charge in [-0.2, -0.15) is 25.3 Å². The van der Waals surface area contributed by atoms with Crippen molar-refractivity contribution < 1.29 is 129 Å². The zero-order valence-corrected chi connectivity index (χ0v) is 67.2. The molecule has 1 saturated heterocycles. The number of nitrogens with two attached hydrogens (primary N) is 3. The molecule has 45 nitrogen and oxygen atoms in total. The molecule has 7 atom stereocenters. The van der Waals surface area contributed by atoms with Crippen LogP contribution in [0, 0.1) is 5.41 Å². The van der Waals surface area contributed by atoms with E-state index >= 15 is 0 Å². The van der Waals surface area contributed by atoms with Crippen LogP contribution in [0.5, 0.6) is 0 Å². The molecule has 0 aromatic heterocycles. The van der Waals surface area contributed by atoms with Gasteiger partial charge in [0.25, 0.3) is 0 Å². The Morgan fingerprint density at radius 3 is 1.31 bits per heavy atom. The number of carboxylic acids is 1. The average molecular weight is 1710 g/mol. The van der Waals surface area contributed by atoms with Crippen LogP contribution in [0.15, 0.2) is 30.3 Å². The van der Waals surface area contributed by atoms with Gasteiger partial charge in [-0.3, -0.25) is 82.2 Å². The molecule has 1 aliphatic rings. The third-order valence-electron chi connectivity index (χ3n) is 15.3. The minimum absolute atomic E-state index is 0.0292. The minimum atomic E-state index is -1.88. The highest BCUT2D eigenvalue weighted by molar-refractivity contribution is 8.00. The number of rotatable bonds is 56. The Kier molecular flexibility index (Phi) is 58.9. The van der Waals surface area contributed by atoms with Crippen molar-refractivity contribution in [2.75, 3.05) is 208 Å². The molecule has 1 aromatic carbocycles. The normalized spacial score (nSPS) is 18.4. The number of nitrogens with one attached hydrogen (secondary N) is 15. The zero-order chi connectivity index (χ0) is 85.4. The molecular formula is C68H114N18O27S3. The summed E-state index contributed by atoms with van der Waals surface area (Å²) >= 11 is 9.36. The molecule has 0 aliphatic carbocycles. The maximum Gasteiger partial charge on any atom is 0.305 e. The minimum Gasteiger partial charge on any atom is -0.481 e. The van der Waals surface area contributed by atoms with Crippen LogP contribution in [0.1, 0.15) is 44.1 Å². The number of amides is 14. The first-order valence-corrected chi connectivity index (χ1v) is 39.5. The number of benzene rings is 1. The first kappa shape index (κ1) is 103. The first-order chi connectivity index (χ1) is 55.8. The Hall–Kier alpha value is -8.89. The summed E-state index contributed by atoms with van der Waals surface area (Å²) in [4.78, 5) is 202. The number of ether oxygens (including phenoxy) is 10. The predicted molar refractivity (Wildman–Crippen MR) is 420 cm³/mol. The third-order valence-corrected chi connectivity index (χ3v) is 17.1. The lowest BCUT2D eigenvalue weighted by Gasteiger charge is -2.26. The number of primary amides is 1. The smallest absolute Gasteiger partial charge is 0.305 e. The molecule has 1 aromatic rings. The number of carbonyl (C=O) groups excluding carboxylic acids is 14. The Bertz CT molecular complexity index is 3150. The molecule has 14 amide bonds. The Balaban J connectivity index is 2.24. The fourth-order valence-electron chi connectivity index (χ4n) is 9.63. The van der Waals surface area contributed by atoms with E-state index in [4.69, 9.17) is 70.1 Å². The van der Waals surface area contributed by atoms with Gasteiger partial charge in [-0.25, -0.2) is 5.90 Å². The van der Waals surface area contributed by atoms with E-state index in [1.165, 1.54) is 0 Å². The van der Waals surface area contributed by atoms with Gasteiger partial charge >= 0.3 is 5.97 Å². The molecule has 22 N–H and O–H groups in total. The summed E-state index contributed by atoms with van der Waals surface area (Å²) < 4.78 is 53.8. The van der Waals surface area contributed by atoms with E-state index < -0.39 is 175 Å². The predicted octanol–water partition coefficient (Wildman–Crippen LogP) is -9.62. The molecule has 0 bridgehead atoms. The first-order valence-electron chi connectivity index (χ1n) is 37.1. The monoisotopic (exact) mass is 1710 g/mol. The SMILES string of the molecule is N=C(N)NCCC[C@@H]1NC(=O)[C@H](CS)NC(=O)[C@H](CCCCNC(=O)COCC(=O)NCCOCCOCCOCCOCCOCCNC(=O)CON)NC(=O)CSC[C@@H](C(=O)NCCOCCOCCOCCNC(=O)COCC(N)=O)NC(=O)[C@H](Cc2ccccc2)NC(=O)[C@H](CS)NC(=O)[C@H](CC(=O)O)NC(=O)CNC1=O. The van der Waals surface area contributed by atoms with Crippen LogP contribution in [0.3, 0.4) is 0 Å². The van der Waals surface area contributed by atoms with Crippen molar-refractivity contribution in [1.29, 1.82) is 5.41 Å². The van der Waals surface area contributed by atoms with Crippen molar-refractivity contribution in [3.8, 4) is 0 Å². The third kappa shape index (κ3) is 53.4. The highest BCUT2D eigenvalue weighted by Gasteiger charge is 2.34. The molecular weight excluding hydrogens is 1600 g/mol. The molecule has 116 heavy (non-hydrogen) atoms. The van der Waals surface area contributed by atoms with Crippen molar-refractivity contribution in [2.45, 2.75) is 87.2 Å². The van der Waals surface area contributed by atoms with E-state index in [2.05, 4.69) is 105 Å². The van der Waals surface area contributed by atoms with Crippen LogP contribution in [-0.4, -0.2) is 350 Å². The van der Waals surface area contributed by atoms with Gasteiger partial charge in [-0.05, 0) is 37.7 Å². The molecule has 0 radical (unpaired) electrons. The fourth-order valence-corrected chi connectivity index (χ4v) is 11.0. The summed E-state index contributed by atoms with van der Waals surface area (Å²) in [6, 6.07) is -2.53. The van der Waals surface area contributed by atoms with Crippen molar-refractivity contribution >= 4 is 132 Å². The Labute approximate surface area is 685 Å². The van der Waals surface area contributed by atoms with Gasteiger partial charge in [0.1, 0.15) is 75.3 Å². The molecule has 1 aliphatic heterocycles. The fraction of sp³-hybridized carbons (Fsp3) is 0.676. The van der Waals surface area contributed by atoms with Gasteiger partial charge in [0, 0.05) is 62.9 Å². The summed E-state index contributed by atoms with van der Waals surface area (Å²) in [6.45, 7) is 1.34. The molecule has 0 spiro atoms. The second-order valence-electron chi connectivity index (χ2n) is 24.8. The summed E-state index contributed by atoms with van der Waals surface area (Å²) in [5.41, 5.74) is 10.9. The van der Waals surface area contributed by atoms with Crippen LogP contribution in [0.25, 0.3) is 0 Å². The molecule has 1 heterocycles. The molecule has 656 valence electrons. The van der Waals surface area contributed by atoms with E-state index in [0.717, 1.165) is 11.8 Å². The highest BCUT2D eigenvalue weighted by Crippen LogP contribution is 2.11. The maximum atomic E-state index is 14.5. The van der Waals surface area contributed by atoms with Crippen molar-refractivity contribution in [1.82, 2.24) is 74.4 Å². The number of thiol groups is 2. The quantitative estimate of drug-likeness (QED) is 0.00947. The van der Waals surface area contributed by atoms with Gasteiger partial charge in [-0.15, -0.1) is 11.8 Å². The molecule has 0 unspecified atom stereocenters. The molecule has 0 saturated carbocycles. The van der Waals surface area contributed by atoms with Gasteiger partial charge < -0.3 is 138 Å².